The second-order valence-corrected chi connectivity index (χ2v) is 11.1. The van der Waals surface area contributed by atoms with Gasteiger partial charge in [-0.05, 0) is 87.0 Å². The van der Waals surface area contributed by atoms with Crippen molar-refractivity contribution in [3.8, 4) is 33.5 Å². The highest BCUT2D eigenvalue weighted by molar-refractivity contribution is 6.10. The van der Waals surface area contributed by atoms with E-state index in [0.717, 1.165) is 27.7 Å². The van der Waals surface area contributed by atoms with Crippen LogP contribution >= 0.6 is 0 Å². The maximum atomic E-state index is 5.19. The zero-order chi connectivity index (χ0) is 28.2. The molecule has 2 aromatic heterocycles. The molecule has 0 aliphatic rings. The number of fused-ring (bicyclic) bond motifs is 5. The minimum atomic E-state index is 0.955. The van der Waals surface area contributed by atoms with Gasteiger partial charge in [0.2, 0.25) is 0 Å². The van der Waals surface area contributed by atoms with Crippen LogP contribution in [0.1, 0.15) is 11.1 Å². The summed E-state index contributed by atoms with van der Waals surface area (Å²) in [6, 6.07) is 45.8. The van der Waals surface area contributed by atoms with E-state index in [9.17, 15) is 0 Å². The minimum absolute atomic E-state index is 0.955. The fourth-order valence-electron chi connectivity index (χ4n) is 6.50. The molecule has 0 atom stereocenters. The Morgan fingerprint density at radius 1 is 0.429 bits per heavy atom. The summed E-state index contributed by atoms with van der Waals surface area (Å²) in [6.07, 6.45) is 1.86. The van der Waals surface area contributed by atoms with Crippen LogP contribution < -0.4 is 0 Å². The lowest BCUT2D eigenvalue weighted by Crippen LogP contribution is -1.94. The van der Waals surface area contributed by atoms with Gasteiger partial charge >= 0.3 is 0 Å². The summed E-state index contributed by atoms with van der Waals surface area (Å²) >= 11 is 0. The molecule has 0 saturated heterocycles. The molecule has 0 unspecified atom stereocenters. The van der Waals surface area contributed by atoms with Gasteiger partial charge in [-0.1, -0.05) is 109 Å². The average Bonchev–Trinajstić information content (AvgIpc) is 3.06. The van der Waals surface area contributed by atoms with E-state index in [1.54, 1.807) is 0 Å². The van der Waals surface area contributed by atoms with Gasteiger partial charge in [0.15, 0.2) is 0 Å². The molecule has 0 aliphatic carbocycles. The van der Waals surface area contributed by atoms with E-state index in [1.807, 2.05) is 12.3 Å². The van der Waals surface area contributed by atoms with Crippen molar-refractivity contribution in [2.45, 2.75) is 13.8 Å². The summed E-state index contributed by atoms with van der Waals surface area (Å²) in [5, 5.41) is 7.35. The van der Waals surface area contributed by atoms with Crippen molar-refractivity contribution in [2.24, 2.45) is 0 Å². The van der Waals surface area contributed by atoms with Gasteiger partial charge in [-0.25, -0.2) is 4.98 Å². The van der Waals surface area contributed by atoms with E-state index in [4.69, 9.17) is 9.97 Å². The Hall–Kier alpha value is -5.34. The molecule has 2 heterocycles. The topological polar surface area (TPSA) is 25.8 Å². The van der Waals surface area contributed by atoms with Crippen LogP contribution in [0.25, 0.3) is 76.9 Å². The lowest BCUT2D eigenvalue weighted by atomic mass is 9.89. The highest BCUT2D eigenvalue weighted by Gasteiger charge is 2.14. The lowest BCUT2D eigenvalue weighted by molar-refractivity contribution is 1.33. The third-order valence-corrected chi connectivity index (χ3v) is 8.77. The Balaban J connectivity index is 1.29. The lowest BCUT2D eigenvalue weighted by Gasteiger charge is -2.15. The number of hydrogen-bond donors (Lipinski definition) is 0. The van der Waals surface area contributed by atoms with Crippen molar-refractivity contribution in [1.29, 1.82) is 0 Å². The summed E-state index contributed by atoms with van der Waals surface area (Å²) in [4.78, 5) is 9.93. The molecule has 0 saturated carbocycles. The van der Waals surface area contributed by atoms with Crippen molar-refractivity contribution < 1.29 is 0 Å². The van der Waals surface area contributed by atoms with Gasteiger partial charge in [0.05, 0.1) is 16.7 Å². The molecule has 0 radical (unpaired) electrons. The molecule has 6 aromatic carbocycles. The van der Waals surface area contributed by atoms with Gasteiger partial charge in [-0.2, -0.15) is 0 Å². The van der Waals surface area contributed by atoms with E-state index < -0.39 is 0 Å². The Kier molecular flexibility index (Phi) is 5.61. The molecule has 0 amide bonds. The first-order valence-corrected chi connectivity index (χ1v) is 14.4. The summed E-state index contributed by atoms with van der Waals surface area (Å²) < 4.78 is 0. The number of nitrogens with zero attached hydrogens (tertiary/aromatic N) is 2. The van der Waals surface area contributed by atoms with Gasteiger partial charge in [0, 0.05) is 22.5 Å². The van der Waals surface area contributed by atoms with Gasteiger partial charge in [-0.3, -0.25) is 4.98 Å². The Bertz CT molecular complexity index is 2330. The second kappa shape index (κ2) is 9.64. The van der Waals surface area contributed by atoms with Crippen LogP contribution in [0.3, 0.4) is 0 Å². The van der Waals surface area contributed by atoms with Crippen molar-refractivity contribution in [1.82, 2.24) is 9.97 Å². The highest BCUT2D eigenvalue weighted by atomic mass is 14.8. The van der Waals surface area contributed by atoms with Crippen LogP contribution in [-0.2, 0) is 0 Å². The van der Waals surface area contributed by atoms with E-state index in [-0.39, 0.29) is 0 Å². The van der Waals surface area contributed by atoms with Crippen LogP contribution in [0.4, 0.5) is 0 Å². The zero-order valence-electron chi connectivity index (χ0n) is 23.6. The number of aryl methyl sites for hydroxylation is 2. The quantitative estimate of drug-likeness (QED) is 0.210. The van der Waals surface area contributed by atoms with Gasteiger partial charge in [0.25, 0.3) is 0 Å². The molecular weight excluding hydrogens is 508 g/mol. The standard InChI is InChI=1S/C40H28N2/c1-25-26(2)31-21-22-38(42-40(31)39-30(25)18-9-23-41-39)29-13-7-12-28(24-29)33-19-20-37(36-16-6-5-15-34(33)36)35-17-8-11-27-10-3-4-14-32(27)35/h3-24H,1-2H3. The highest BCUT2D eigenvalue weighted by Crippen LogP contribution is 2.39. The van der Waals surface area contributed by atoms with Crippen LogP contribution in [0.5, 0.6) is 0 Å². The van der Waals surface area contributed by atoms with Crippen LogP contribution in [-0.4, -0.2) is 9.97 Å². The molecule has 198 valence electrons. The van der Waals surface area contributed by atoms with Gasteiger partial charge in [-0.15, -0.1) is 0 Å². The number of pyridine rings is 2. The van der Waals surface area contributed by atoms with Gasteiger partial charge in [0.1, 0.15) is 0 Å². The first-order chi connectivity index (χ1) is 20.7. The number of aromatic nitrogens is 2. The van der Waals surface area contributed by atoms with E-state index in [2.05, 4.69) is 135 Å². The SMILES string of the molecule is Cc1c(C)c2ccc(-c3cccc(-c4ccc(-c5cccc6ccccc56)c5ccccc45)c3)nc2c2ncccc12. The number of rotatable bonds is 3. The largest absolute Gasteiger partial charge is 0.254 e. The van der Waals surface area contributed by atoms with Crippen molar-refractivity contribution >= 4 is 43.4 Å². The zero-order valence-corrected chi connectivity index (χ0v) is 23.6. The molecule has 0 spiro atoms. The smallest absolute Gasteiger partial charge is 0.0974 e. The number of benzene rings is 6. The number of hydrogen-bond acceptors (Lipinski definition) is 2. The summed E-state index contributed by atoms with van der Waals surface area (Å²) in [5.41, 5.74) is 11.4. The van der Waals surface area contributed by atoms with Gasteiger partial charge < -0.3 is 0 Å². The van der Waals surface area contributed by atoms with E-state index in [0.29, 0.717) is 0 Å². The molecule has 2 nitrogen and oxygen atoms in total. The van der Waals surface area contributed by atoms with Crippen molar-refractivity contribution in [3.05, 3.63) is 145 Å². The van der Waals surface area contributed by atoms with Crippen LogP contribution in [0.2, 0.25) is 0 Å². The third-order valence-electron chi connectivity index (χ3n) is 8.77. The Morgan fingerprint density at radius 2 is 1.05 bits per heavy atom. The monoisotopic (exact) mass is 536 g/mol. The molecule has 8 aromatic rings. The van der Waals surface area contributed by atoms with Crippen molar-refractivity contribution in [3.63, 3.8) is 0 Å². The van der Waals surface area contributed by atoms with E-state index >= 15 is 0 Å². The normalized spacial score (nSPS) is 11.6. The summed E-state index contributed by atoms with van der Waals surface area (Å²) in [6.45, 7) is 4.35. The van der Waals surface area contributed by atoms with Crippen LogP contribution in [0.15, 0.2) is 134 Å². The third kappa shape index (κ3) is 3.80. The molecule has 0 N–H and O–H groups in total. The molecule has 8 rings (SSSR count). The summed E-state index contributed by atoms with van der Waals surface area (Å²) in [7, 11) is 0. The average molecular weight is 537 g/mol. The van der Waals surface area contributed by atoms with Crippen molar-refractivity contribution in [2.75, 3.05) is 0 Å². The second-order valence-electron chi connectivity index (χ2n) is 11.1. The maximum absolute atomic E-state index is 5.19. The predicted molar refractivity (Wildman–Crippen MR) is 178 cm³/mol. The fraction of sp³-hybridized carbons (Fsp3) is 0.0500. The maximum Gasteiger partial charge on any atom is 0.0974 e. The molecule has 42 heavy (non-hydrogen) atoms. The molecule has 0 aliphatic heterocycles. The Morgan fingerprint density at radius 3 is 1.90 bits per heavy atom. The Labute approximate surface area is 244 Å². The minimum Gasteiger partial charge on any atom is -0.254 e. The molecular formula is C40H28N2. The predicted octanol–water partition coefficient (Wildman–Crippen LogP) is 10.7. The van der Waals surface area contributed by atoms with Crippen LogP contribution in [0, 0.1) is 13.8 Å². The fourth-order valence-corrected chi connectivity index (χ4v) is 6.50. The molecule has 0 fully saturated rings. The summed E-state index contributed by atoms with van der Waals surface area (Å²) in [5.74, 6) is 0. The van der Waals surface area contributed by atoms with E-state index in [1.165, 1.54) is 60.3 Å². The molecule has 2 heteroatoms. The first kappa shape index (κ1) is 24.5. The first-order valence-electron chi connectivity index (χ1n) is 14.4. The molecule has 0 bridgehead atoms.